The van der Waals surface area contributed by atoms with E-state index < -0.39 is 43.0 Å². The Bertz CT molecular complexity index is 5040. The van der Waals surface area contributed by atoms with Crippen LogP contribution in [-0.2, 0) is 5.41 Å². The summed E-state index contributed by atoms with van der Waals surface area (Å²) < 4.78 is 84.9. The normalized spacial score (nSPS) is 14.4. The Morgan fingerprint density at radius 3 is 1.72 bits per heavy atom. The van der Waals surface area contributed by atoms with Crippen molar-refractivity contribution in [3.63, 3.8) is 0 Å². The van der Waals surface area contributed by atoms with E-state index in [1.54, 1.807) is 0 Å². The Morgan fingerprint density at radius 1 is 0.465 bits per heavy atom. The molecule has 0 saturated heterocycles. The molecule has 71 heavy (non-hydrogen) atoms. The van der Waals surface area contributed by atoms with Gasteiger partial charge in [-0.05, 0) is 128 Å². The number of hydrogen-bond donors (Lipinski definition) is 0. The molecule has 13 aromatic rings. The van der Waals surface area contributed by atoms with Crippen LogP contribution in [0.15, 0.2) is 206 Å². The van der Waals surface area contributed by atoms with Crippen molar-refractivity contribution in [3.05, 3.63) is 217 Å². The van der Waals surface area contributed by atoms with Gasteiger partial charge >= 0.3 is 0 Å². The lowest BCUT2D eigenvalue weighted by Gasteiger charge is -2.34. The zero-order chi connectivity index (χ0) is 54.2. The van der Waals surface area contributed by atoms with Crippen molar-refractivity contribution in [2.24, 2.45) is 0 Å². The SMILES string of the molecule is [2H]c1c([2H])c([2H])c2c(c1[2H])c1c([2H])c([2H])c([2H])c([2H])c1n2-c1ccc2c(c1)Oc1ccc3c4ccccc4c4ccccc4c4ccccc4n4c3c1B2c1ccc(-n2c3ccc(C#N)cc3c3cc(C(C)(C)C)ccc32)cc1-4. The third kappa shape index (κ3) is 5.57. The summed E-state index contributed by atoms with van der Waals surface area (Å²) in [5.74, 6) is 1.10. The van der Waals surface area contributed by atoms with Gasteiger partial charge in [-0.15, -0.1) is 0 Å². The molecule has 0 fully saturated rings. The molecule has 2 aliphatic rings. The molecular formula is C65H43BN4O. The van der Waals surface area contributed by atoms with Gasteiger partial charge in [-0.25, -0.2) is 0 Å². The first-order chi connectivity index (χ1) is 38.1. The number of ether oxygens (including phenoxy) is 1. The van der Waals surface area contributed by atoms with Crippen molar-refractivity contribution in [1.82, 2.24) is 13.7 Å². The largest absolute Gasteiger partial charge is 0.458 e. The molecule has 0 saturated carbocycles. The summed E-state index contributed by atoms with van der Waals surface area (Å²) in [5, 5.41) is 18.6. The summed E-state index contributed by atoms with van der Waals surface area (Å²) >= 11 is 0. The van der Waals surface area contributed by atoms with Gasteiger partial charge in [0.05, 0.1) is 55.7 Å². The molecule has 332 valence electrons. The molecule has 2 aliphatic heterocycles. The molecule has 0 N–H and O–H groups in total. The van der Waals surface area contributed by atoms with Crippen LogP contribution in [0, 0.1) is 11.3 Å². The predicted octanol–water partition coefficient (Wildman–Crippen LogP) is 14.5. The van der Waals surface area contributed by atoms with Gasteiger partial charge in [0.2, 0.25) is 0 Å². The zero-order valence-electron chi connectivity index (χ0n) is 46.8. The van der Waals surface area contributed by atoms with Gasteiger partial charge in [0, 0.05) is 55.4 Å². The number of para-hydroxylation sites is 3. The molecule has 0 spiro atoms. The molecule has 0 atom stereocenters. The third-order valence-corrected chi connectivity index (χ3v) is 15.0. The molecular weight excluding hydrogens is 864 g/mol. The quantitative estimate of drug-likeness (QED) is 0.162. The first kappa shape index (κ1) is 32.7. The lowest BCUT2D eigenvalue weighted by Crippen LogP contribution is -2.58. The number of nitrogens with zero attached hydrogens (tertiary/aromatic N) is 4. The van der Waals surface area contributed by atoms with E-state index in [0.29, 0.717) is 22.7 Å². The average Bonchev–Trinajstić information content (AvgIpc) is 4.09. The van der Waals surface area contributed by atoms with E-state index in [1.165, 1.54) is 10.1 Å². The third-order valence-electron chi connectivity index (χ3n) is 15.0. The number of hydrogen-bond acceptors (Lipinski definition) is 2. The molecule has 15 rings (SSSR count). The number of nitriles is 1. The first-order valence-corrected chi connectivity index (χ1v) is 23.9. The Kier molecular flexibility index (Phi) is 6.67. The summed E-state index contributed by atoms with van der Waals surface area (Å²) in [7, 11) is 0. The highest BCUT2D eigenvalue weighted by Crippen LogP contribution is 2.42. The highest BCUT2D eigenvalue weighted by Gasteiger charge is 2.40. The maximum Gasteiger partial charge on any atom is 0.256 e. The minimum atomic E-state index is -0.497. The van der Waals surface area contributed by atoms with Crippen molar-refractivity contribution < 1.29 is 15.7 Å². The fourth-order valence-electron chi connectivity index (χ4n) is 11.8. The molecule has 0 bridgehead atoms. The summed E-state index contributed by atoms with van der Waals surface area (Å²) in [6.45, 7) is 6.22. The Morgan fingerprint density at radius 2 is 1.03 bits per heavy atom. The second-order valence-electron chi connectivity index (χ2n) is 19.8. The molecule has 6 heteroatoms. The Balaban J connectivity index is 1.08. The van der Waals surface area contributed by atoms with Gasteiger partial charge in [0.1, 0.15) is 11.5 Å². The van der Waals surface area contributed by atoms with E-state index in [0.717, 1.165) is 92.9 Å². The van der Waals surface area contributed by atoms with Crippen LogP contribution in [0.3, 0.4) is 0 Å². The molecule has 10 aromatic carbocycles. The van der Waals surface area contributed by atoms with E-state index in [2.05, 4.69) is 151 Å². The first-order valence-electron chi connectivity index (χ1n) is 27.9. The van der Waals surface area contributed by atoms with Crippen LogP contribution in [0.4, 0.5) is 0 Å². The summed E-state index contributed by atoms with van der Waals surface area (Å²) in [4.78, 5) is 0. The van der Waals surface area contributed by atoms with Gasteiger partial charge < -0.3 is 18.4 Å². The standard InChI is InChI=1S/C65H43BN4O/c1-65(2,3)40-25-32-59-52(35-40)51-34-39(38-67)24-31-58(51)68(59)41-26-29-53-60(36-41)70-57-23-13-8-18-47(57)45-16-6-4-14-43(45)44-15-5-7-17-46(44)50-28-33-61-63(64(50)70)66(53)54-30-27-42(37-62(54)71-61)69-55-21-11-9-19-48(55)49-20-10-12-22-56(49)69/h4-37H,1-3H3/i9D,10D,11D,12D,19D,20D,21D,22D. The second kappa shape index (κ2) is 14.5. The smallest absolute Gasteiger partial charge is 0.256 e. The van der Waals surface area contributed by atoms with Crippen molar-refractivity contribution in [2.45, 2.75) is 26.2 Å². The van der Waals surface area contributed by atoms with E-state index >= 15 is 0 Å². The topological polar surface area (TPSA) is 47.8 Å². The lowest BCUT2D eigenvalue weighted by molar-refractivity contribution is 0.487. The van der Waals surface area contributed by atoms with Gasteiger partial charge in [-0.2, -0.15) is 5.26 Å². The van der Waals surface area contributed by atoms with Crippen LogP contribution in [0.5, 0.6) is 11.5 Å². The minimum absolute atomic E-state index is 0.00901. The van der Waals surface area contributed by atoms with E-state index in [-0.39, 0.29) is 39.3 Å². The summed E-state index contributed by atoms with van der Waals surface area (Å²) in [6.07, 6.45) is 0. The predicted molar refractivity (Wildman–Crippen MR) is 297 cm³/mol. The highest BCUT2D eigenvalue weighted by atomic mass is 16.5. The van der Waals surface area contributed by atoms with Crippen molar-refractivity contribution >= 4 is 110 Å². The van der Waals surface area contributed by atoms with Gasteiger partial charge in [0.25, 0.3) is 6.71 Å². The molecule has 0 aliphatic carbocycles. The molecule has 3 aromatic heterocycles. The zero-order valence-corrected chi connectivity index (χ0v) is 38.8. The van der Waals surface area contributed by atoms with E-state index in [4.69, 9.17) is 13.0 Å². The van der Waals surface area contributed by atoms with Crippen LogP contribution in [0.2, 0.25) is 0 Å². The van der Waals surface area contributed by atoms with Crippen LogP contribution < -0.4 is 21.1 Å². The fraction of sp³-hybridized carbons (Fsp3) is 0.0615. The number of rotatable bonds is 2. The van der Waals surface area contributed by atoms with Crippen LogP contribution in [0.25, 0.3) is 104 Å². The van der Waals surface area contributed by atoms with Crippen molar-refractivity contribution in [3.8, 4) is 34.6 Å². The molecule has 5 nitrogen and oxygen atoms in total. The summed E-state index contributed by atoms with van der Waals surface area (Å²) in [5.41, 5.74) is 10.7. The van der Waals surface area contributed by atoms with Gasteiger partial charge in [-0.3, -0.25) is 0 Å². The average molecular weight is 915 g/mol. The highest BCUT2D eigenvalue weighted by molar-refractivity contribution is 6.99. The maximum atomic E-state index is 10.2. The van der Waals surface area contributed by atoms with Crippen LogP contribution in [0.1, 0.15) is 42.9 Å². The molecule has 0 amide bonds. The summed E-state index contributed by atoms with van der Waals surface area (Å²) in [6, 6.07) is 53.7. The molecule has 5 heterocycles. The molecule has 0 unspecified atom stereocenters. The van der Waals surface area contributed by atoms with Crippen molar-refractivity contribution in [2.75, 3.05) is 0 Å². The van der Waals surface area contributed by atoms with Crippen LogP contribution >= 0.6 is 0 Å². The Labute approximate surface area is 421 Å². The minimum Gasteiger partial charge on any atom is -0.458 e. The van der Waals surface area contributed by atoms with Crippen LogP contribution in [-0.4, -0.2) is 20.4 Å². The second-order valence-corrected chi connectivity index (χ2v) is 19.8. The number of fused-ring (bicyclic) bond motifs is 18. The monoisotopic (exact) mass is 914 g/mol. The van der Waals surface area contributed by atoms with E-state index in [1.807, 2.05) is 42.5 Å². The maximum absolute atomic E-state index is 10.2. The lowest BCUT2D eigenvalue weighted by atomic mass is 9.34. The van der Waals surface area contributed by atoms with Crippen molar-refractivity contribution in [1.29, 1.82) is 5.26 Å². The molecule has 0 radical (unpaired) electrons. The Hall–Kier alpha value is -9.05. The van der Waals surface area contributed by atoms with Gasteiger partial charge in [-0.1, -0.05) is 142 Å². The number of benzene rings is 10. The van der Waals surface area contributed by atoms with Gasteiger partial charge in [0.15, 0.2) is 0 Å². The fourth-order valence-corrected chi connectivity index (χ4v) is 11.8. The number of aromatic nitrogens is 3. The van der Waals surface area contributed by atoms with E-state index in [9.17, 15) is 8.00 Å².